The van der Waals surface area contributed by atoms with E-state index in [1.807, 2.05) is 66.1 Å². The second-order valence-electron chi connectivity index (χ2n) is 11.1. The van der Waals surface area contributed by atoms with E-state index >= 15 is 0 Å². The lowest BCUT2D eigenvalue weighted by Gasteiger charge is -2.25. The summed E-state index contributed by atoms with van der Waals surface area (Å²) in [5.74, 6) is 3.66. The Morgan fingerprint density at radius 2 is 1.59 bits per heavy atom. The molecule has 252 valence electrons. The number of hydrogen-bond donors (Lipinski definition) is 0. The third-order valence-electron chi connectivity index (χ3n) is 8.15. The SMILES string of the molecule is CCOc1ccc(-n2c(Sc3nc(CN4CCOCC4)nc4scc(-c5ccccc5)c34)nnc2-c2cc(OC)c(OC)c(OC)c2)cc1. The molecule has 4 heterocycles. The first kappa shape index (κ1) is 32.8. The van der Waals surface area contributed by atoms with Crippen molar-refractivity contribution in [2.45, 2.75) is 23.7 Å². The molecule has 6 aromatic rings. The summed E-state index contributed by atoms with van der Waals surface area (Å²) >= 11 is 3.10. The van der Waals surface area contributed by atoms with Gasteiger partial charge in [0.05, 0.1) is 58.8 Å². The second-order valence-corrected chi connectivity index (χ2v) is 12.9. The molecule has 0 aliphatic carbocycles. The van der Waals surface area contributed by atoms with Crippen LogP contribution in [0.1, 0.15) is 12.7 Å². The Balaban J connectivity index is 1.39. The Labute approximate surface area is 292 Å². The highest BCUT2D eigenvalue weighted by atomic mass is 32.2. The minimum absolute atomic E-state index is 0.498. The summed E-state index contributed by atoms with van der Waals surface area (Å²) in [4.78, 5) is 13.5. The third kappa shape index (κ3) is 6.79. The van der Waals surface area contributed by atoms with E-state index in [9.17, 15) is 0 Å². The van der Waals surface area contributed by atoms with Crippen LogP contribution < -0.4 is 18.9 Å². The van der Waals surface area contributed by atoms with Gasteiger partial charge in [0, 0.05) is 29.6 Å². The highest BCUT2D eigenvalue weighted by Gasteiger charge is 2.25. The van der Waals surface area contributed by atoms with Crippen molar-refractivity contribution in [3.05, 3.63) is 77.9 Å². The predicted molar refractivity (Wildman–Crippen MR) is 191 cm³/mol. The van der Waals surface area contributed by atoms with Crippen molar-refractivity contribution in [2.75, 3.05) is 54.2 Å². The van der Waals surface area contributed by atoms with Gasteiger partial charge in [-0.2, -0.15) is 0 Å². The zero-order valence-electron chi connectivity index (χ0n) is 27.7. The lowest BCUT2D eigenvalue weighted by molar-refractivity contribution is 0.0330. The first-order chi connectivity index (χ1) is 24.1. The summed E-state index contributed by atoms with van der Waals surface area (Å²) < 4.78 is 30.3. The van der Waals surface area contributed by atoms with Crippen LogP contribution >= 0.6 is 23.1 Å². The van der Waals surface area contributed by atoms with Gasteiger partial charge >= 0.3 is 0 Å². The molecule has 0 saturated carbocycles. The van der Waals surface area contributed by atoms with Gasteiger partial charge in [0.25, 0.3) is 0 Å². The van der Waals surface area contributed by atoms with Gasteiger partial charge < -0.3 is 23.7 Å². The average Bonchev–Trinajstić information content (AvgIpc) is 3.77. The molecule has 0 radical (unpaired) electrons. The number of methoxy groups -OCH3 is 3. The predicted octanol–water partition coefficient (Wildman–Crippen LogP) is 7.01. The van der Waals surface area contributed by atoms with E-state index in [-0.39, 0.29) is 0 Å². The van der Waals surface area contributed by atoms with Gasteiger partial charge in [-0.1, -0.05) is 30.3 Å². The summed E-state index contributed by atoms with van der Waals surface area (Å²) in [6.45, 7) is 6.26. The van der Waals surface area contributed by atoms with Crippen LogP contribution in [0.2, 0.25) is 0 Å². The lowest BCUT2D eigenvalue weighted by atomic mass is 10.1. The fraction of sp³-hybridized carbons (Fsp3) is 0.278. The molecule has 13 heteroatoms. The molecule has 0 N–H and O–H groups in total. The molecule has 1 saturated heterocycles. The molecule has 0 unspecified atom stereocenters. The minimum atomic E-state index is 0.498. The van der Waals surface area contributed by atoms with E-state index in [1.165, 1.54) is 11.8 Å². The van der Waals surface area contributed by atoms with Crippen LogP contribution in [0.15, 0.2) is 82.3 Å². The van der Waals surface area contributed by atoms with E-state index in [0.29, 0.717) is 54.6 Å². The van der Waals surface area contributed by atoms with Gasteiger partial charge in [0.1, 0.15) is 21.4 Å². The maximum absolute atomic E-state index is 5.75. The third-order valence-corrected chi connectivity index (χ3v) is 9.96. The standard InChI is InChI=1S/C36H36N6O5S2/c1-5-47-26-13-11-25(12-14-26)42-33(24-19-28(43-2)32(45-4)29(20-24)44-3)39-40-36(42)49-35-31-27(23-9-7-6-8-10-23)22-48-34(31)37-30(38-35)21-41-15-17-46-18-16-41/h6-14,19-20,22H,5,15-18,21H2,1-4H3. The number of ether oxygens (including phenoxy) is 5. The van der Waals surface area contributed by atoms with E-state index in [2.05, 4.69) is 22.4 Å². The smallest absolute Gasteiger partial charge is 0.203 e. The molecule has 7 rings (SSSR count). The molecule has 3 aromatic heterocycles. The Hall–Kier alpha value is -4.69. The van der Waals surface area contributed by atoms with Crippen molar-refractivity contribution in [1.29, 1.82) is 0 Å². The van der Waals surface area contributed by atoms with Crippen LogP contribution in [-0.2, 0) is 11.3 Å². The monoisotopic (exact) mass is 696 g/mol. The highest BCUT2D eigenvalue weighted by Crippen LogP contribution is 2.44. The molecule has 0 atom stereocenters. The first-order valence-electron chi connectivity index (χ1n) is 15.9. The molecule has 1 aliphatic rings. The fourth-order valence-electron chi connectivity index (χ4n) is 5.80. The zero-order chi connectivity index (χ0) is 33.7. The number of hydrogen-bond acceptors (Lipinski definition) is 12. The minimum Gasteiger partial charge on any atom is -0.494 e. The number of morpholine rings is 1. The first-order valence-corrected chi connectivity index (χ1v) is 17.6. The zero-order valence-corrected chi connectivity index (χ0v) is 29.3. The molecule has 0 bridgehead atoms. The topological polar surface area (TPSA) is 106 Å². The quantitative estimate of drug-likeness (QED) is 0.123. The largest absolute Gasteiger partial charge is 0.494 e. The molecule has 0 spiro atoms. The summed E-state index contributed by atoms with van der Waals surface area (Å²) in [5.41, 5.74) is 3.78. The van der Waals surface area contributed by atoms with Crippen molar-refractivity contribution in [2.24, 2.45) is 0 Å². The number of nitrogens with zero attached hydrogens (tertiary/aromatic N) is 6. The van der Waals surface area contributed by atoms with Gasteiger partial charge in [0.2, 0.25) is 10.9 Å². The summed E-state index contributed by atoms with van der Waals surface area (Å²) in [6.07, 6.45) is 0. The summed E-state index contributed by atoms with van der Waals surface area (Å²) in [6, 6.07) is 22.0. The van der Waals surface area contributed by atoms with Crippen LogP contribution in [0, 0.1) is 0 Å². The Morgan fingerprint density at radius 1 is 0.857 bits per heavy atom. The van der Waals surface area contributed by atoms with Crippen molar-refractivity contribution in [1.82, 2.24) is 29.6 Å². The maximum atomic E-state index is 5.75. The van der Waals surface area contributed by atoms with Gasteiger partial charge in [-0.25, -0.2) is 9.97 Å². The normalized spacial score (nSPS) is 13.5. The van der Waals surface area contributed by atoms with Gasteiger partial charge in [-0.05, 0) is 60.6 Å². The molecule has 3 aromatic carbocycles. The number of benzene rings is 3. The molecular weight excluding hydrogens is 661 g/mol. The summed E-state index contributed by atoms with van der Waals surface area (Å²) in [7, 11) is 4.78. The maximum Gasteiger partial charge on any atom is 0.203 e. The van der Waals surface area contributed by atoms with Crippen LogP contribution in [-0.4, -0.2) is 83.9 Å². The fourth-order valence-corrected chi connectivity index (χ4v) is 7.82. The van der Waals surface area contributed by atoms with E-state index in [0.717, 1.165) is 62.3 Å². The van der Waals surface area contributed by atoms with Crippen LogP contribution in [0.3, 0.4) is 0 Å². The number of thiophene rings is 1. The van der Waals surface area contributed by atoms with Gasteiger partial charge in [0.15, 0.2) is 17.3 Å². The molecule has 11 nitrogen and oxygen atoms in total. The summed E-state index contributed by atoms with van der Waals surface area (Å²) in [5, 5.41) is 14.1. The van der Waals surface area contributed by atoms with Crippen molar-refractivity contribution < 1.29 is 23.7 Å². The molecule has 1 fully saturated rings. The van der Waals surface area contributed by atoms with Crippen molar-refractivity contribution >= 4 is 33.3 Å². The van der Waals surface area contributed by atoms with Crippen molar-refractivity contribution in [3.8, 4) is 51.2 Å². The highest BCUT2D eigenvalue weighted by molar-refractivity contribution is 7.99. The van der Waals surface area contributed by atoms with Crippen LogP contribution in [0.25, 0.3) is 38.4 Å². The Bertz CT molecular complexity index is 2020. The number of aromatic nitrogens is 5. The van der Waals surface area contributed by atoms with Crippen LogP contribution in [0.4, 0.5) is 0 Å². The average molecular weight is 697 g/mol. The van der Waals surface area contributed by atoms with E-state index in [4.69, 9.17) is 43.8 Å². The van der Waals surface area contributed by atoms with Gasteiger partial charge in [-0.15, -0.1) is 21.5 Å². The Kier molecular flexibility index (Phi) is 9.94. The number of rotatable bonds is 12. The molecular formula is C36H36N6O5S2. The van der Waals surface area contributed by atoms with Crippen LogP contribution in [0.5, 0.6) is 23.0 Å². The molecule has 0 amide bonds. The second kappa shape index (κ2) is 14.8. The molecule has 49 heavy (non-hydrogen) atoms. The van der Waals surface area contributed by atoms with Gasteiger partial charge in [-0.3, -0.25) is 9.47 Å². The van der Waals surface area contributed by atoms with E-state index < -0.39 is 0 Å². The molecule has 1 aliphatic heterocycles. The number of fused-ring (bicyclic) bond motifs is 1. The van der Waals surface area contributed by atoms with Crippen molar-refractivity contribution in [3.63, 3.8) is 0 Å². The lowest BCUT2D eigenvalue weighted by Crippen LogP contribution is -2.36. The van der Waals surface area contributed by atoms with E-state index in [1.54, 1.807) is 32.7 Å². The Morgan fingerprint density at radius 3 is 2.27 bits per heavy atom.